The van der Waals surface area contributed by atoms with E-state index in [0.29, 0.717) is 6.54 Å². The van der Waals surface area contributed by atoms with Crippen LogP contribution in [0.1, 0.15) is 39.2 Å². The molecule has 0 saturated carbocycles. The van der Waals surface area contributed by atoms with Gasteiger partial charge in [-0.2, -0.15) is 0 Å². The van der Waals surface area contributed by atoms with E-state index in [1.54, 1.807) is 0 Å². The van der Waals surface area contributed by atoms with Gasteiger partial charge in [-0.3, -0.25) is 9.88 Å². The molecule has 1 aromatic heterocycles. The molecular formula is C18H27N3. The lowest BCUT2D eigenvalue weighted by Gasteiger charge is -2.40. The molecule has 1 aromatic carbocycles. The minimum Gasteiger partial charge on any atom is -0.329 e. The van der Waals surface area contributed by atoms with Crippen molar-refractivity contribution in [2.45, 2.75) is 45.7 Å². The maximum atomic E-state index is 6.04. The molecule has 114 valence electrons. The fraction of sp³-hybridized carbons (Fsp3) is 0.500. The van der Waals surface area contributed by atoms with Crippen molar-refractivity contribution in [3.63, 3.8) is 0 Å². The summed E-state index contributed by atoms with van der Waals surface area (Å²) in [4.78, 5) is 6.90. The van der Waals surface area contributed by atoms with E-state index in [9.17, 15) is 0 Å². The molecule has 0 radical (unpaired) electrons. The summed E-state index contributed by atoms with van der Waals surface area (Å²) in [6, 6.07) is 10.7. The SMILES string of the molecule is CCCN(Cc1ccc2ncccc2c1)C(C)(CC)CN. The van der Waals surface area contributed by atoms with Crippen LogP contribution >= 0.6 is 0 Å². The van der Waals surface area contributed by atoms with Crippen molar-refractivity contribution in [1.29, 1.82) is 0 Å². The molecule has 21 heavy (non-hydrogen) atoms. The van der Waals surface area contributed by atoms with E-state index in [0.717, 1.165) is 31.4 Å². The highest BCUT2D eigenvalue weighted by molar-refractivity contribution is 5.78. The summed E-state index contributed by atoms with van der Waals surface area (Å²) in [7, 11) is 0. The molecule has 0 amide bonds. The normalized spacial score (nSPS) is 14.5. The first-order chi connectivity index (χ1) is 10.1. The second-order valence-electron chi connectivity index (χ2n) is 6.01. The quantitative estimate of drug-likeness (QED) is 0.845. The summed E-state index contributed by atoms with van der Waals surface area (Å²) >= 11 is 0. The van der Waals surface area contributed by atoms with Gasteiger partial charge in [0.05, 0.1) is 5.52 Å². The van der Waals surface area contributed by atoms with Crippen LogP contribution in [0.25, 0.3) is 10.9 Å². The first-order valence-corrected chi connectivity index (χ1v) is 7.91. The number of hydrogen-bond donors (Lipinski definition) is 1. The highest BCUT2D eigenvalue weighted by atomic mass is 15.2. The maximum Gasteiger partial charge on any atom is 0.0702 e. The van der Waals surface area contributed by atoms with E-state index in [-0.39, 0.29) is 5.54 Å². The zero-order chi connectivity index (χ0) is 15.3. The first kappa shape index (κ1) is 15.9. The van der Waals surface area contributed by atoms with Crippen LogP contribution in [0.4, 0.5) is 0 Å². The van der Waals surface area contributed by atoms with Crippen LogP contribution < -0.4 is 5.73 Å². The molecular weight excluding hydrogens is 258 g/mol. The van der Waals surface area contributed by atoms with Gasteiger partial charge in [0.2, 0.25) is 0 Å². The average Bonchev–Trinajstić information content (AvgIpc) is 2.53. The Balaban J connectivity index is 2.25. The van der Waals surface area contributed by atoms with Gasteiger partial charge < -0.3 is 5.73 Å². The topological polar surface area (TPSA) is 42.2 Å². The molecule has 3 heteroatoms. The highest BCUT2D eigenvalue weighted by Gasteiger charge is 2.27. The fourth-order valence-corrected chi connectivity index (χ4v) is 2.75. The minimum atomic E-state index is 0.0694. The monoisotopic (exact) mass is 285 g/mol. The van der Waals surface area contributed by atoms with E-state index < -0.39 is 0 Å². The van der Waals surface area contributed by atoms with Gasteiger partial charge in [-0.15, -0.1) is 0 Å². The molecule has 0 saturated heterocycles. The predicted octanol–water partition coefficient (Wildman–Crippen LogP) is 3.57. The maximum absolute atomic E-state index is 6.04. The lowest BCUT2D eigenvalue weighted by Crippen LogP contribution is -2.51. The summed E-state index contributed by atoms with van der Waals surface area (Å²) < 4.78 is 0. The van der Waals surface area contributed by atoms with Gasteiger partial charge in [-0.1, -0.05) is 26.0 Å². The lowest BCUT2D eigenvalue weighted by molar-refractivity contribution is 0.0973. The van der Waals surface area contributed by atoms with E-state index in [1.165, 1.54) is 10.9 Å². The molecule has 0 fully saturated rings. The Morgan fingerprint density at radius 1 is 1.24 bits per heavy atom. The Labute approximate surface area is 128 Å². The second-order valence-corrected chi connectivity index (χ2v) is 6.01. The van der Waals surface area contributed by atoms with Crippen LogP contribution in [0.15, 0.2) is 36.5 Å². The van der Waals surface area contributed by atoms with Crippen molar-refractivity contribution in [2.75, 3.05) is 13.1 Å². The number of aromatic nitrogens is 1. The molecule has 1 unspecified atom stereocenters. The third-order valence-electron chi connectivity index (χ3n) is 4.50. The number of hydrogen-bond acceptors (Lipinski definition) is 3. The van der Waals surface area contributed by atoms with Crippen molar-refractivity contribution >= 4 is 10.9 Å². The number of nitrogens with zero attached hydrogens (tertiary/aromatic N) is 2. The van der Waals surface area contributed by atoms with Crippen LogP contribution in [-0.2, 0) is 6.54 Å². The highest BCUT2D eigenvalue weighted by Crippen LogP contribution is 2.23. The number of benzene rings is 1. The van der Waals surface area contributed by atoms with Crippen molar-refractivity contribution in [3.8, 4) is 0 Å². The van der Waals surface area contributed by atoms with Crippen molar-refractivity contribution in [3.05, 3.63) is 42.1 Å². The fourth-order valence-electron chi connectivity index (χ4n) is 2.75. The summed E-state index contributed by atoms with van der Waals surface area (Å²) in [5.74, 6) is 0. The Morgan fingerprint density at radius 3 is 2.71 bits per heavy atom. The second kappa shape index (κ2) is 7.01. The predicted molar refractivity (Wildman–Crippen MR) is 90.2 cm³/mol. The Bertz CT molecular complexity index is 575. The number of rotatable bonds is 7. The average molecular weight is 285 g/mol. The van der Waals surface area contributed by atoms with Gasteiger partial charge in [-0.25, -0.2) is 0 Å². The Kier molecular flexibility index (Phi) is 5.32. The number of pyridine rings is 1. The van der Waals surface area contributed by atoms with E-state index in [2.05, 4.69) is 54.9 Å². The van der Waals surface area contributed by atoms with Crippen molar-refractivity contribution < 1.29 is 0 Å². The van der Waals surface area contributed by atoms with Crippen LogP contribution in [0.3, 0.4) is 0 Å². The Morgan fingerprint density at radius 2 is 2.05 bits per heavy atom. The third kappa shape index (κ3) is 3.60. The van der Waals surface area contributed by atoms with Gasteiger partial charge in [0, 0.05) is 30.2 Å². The molecule has 3 nitrogen and oxygen atoms in total. The molecule has 0 spiro atoms. The zero-order valence-corrected chi connectivity index (χ0v) is 13.5. The molecule has 0 aliphatic heterocycles. The number of nitrogens with two attached hydrogens (primary N) is 1. The smallest absolute Gasteiger partial charge is 0.0702 e. The van der Waals surface area contributed by atoms with Gasteiger partial charge in [0.25, 0.3) is 0 Å². The van der Waals surface area contributed by atoms with Gasteiger partial charge >= 0.3 is 0 Å². The largest absolute Gasteiger partial charge is 0.329 e. The van der Waals surface area contributed by atoms with E-state index in [4.69, 9.17) is 5.73 Å². The zero-order valence-electron chi connectivity index (χ0n) is 13.5. The molecule has 1 heterocycles. The molecule has 0 bridgehead atoms. The van der Waals surface area contributed by atoms with Crippen LogP contribution in [0.5, 0.6) is 0 Å². The van der Waals surface area contributed by atoms with Crippen molar-refractivity contribution in [2.24, 2.45) is 5.73 Å². The van der Waals surface area contributed by atoms with Gasteiger partial charge in [0.15, 0.2) is 0 Å². The van der Waals surface area contributed by atoms with Crippen LogP contribution in [0.2, 0.25) is 0 Å². The van der Waals surface area contributed by atoms with E-state index >= 15 is 0 Å². The van der Waals surface area contributed by atoms with Gasteiger partial charge in [-0.05, 0) is 50.1 Å². The molecule has 0 aliphatic rings. The molecule has 0 aliphatic carbocycles. The van der Waals surface area contributed by atoms with Crippen LogP contribution in [0, 0.1) is 0 Å². The third-order valence-corrected chi connectivity index (χ3v) is 4.50. The number of fused-ring (bicyclic) bond motifs is 1. The van der Waals surface area contributed by atoms with Crippen molar-refractivity contribution in [1.82, 2.24) is 9.88 Å². The summed E-state index contributed by atoms with van der Waals surface area (Å²) in [6.45, 7) is 9.43. The first-order valence-electron chi connectivity index (χ1n) is 7.91. The molecule has 1 atom stereocenters. The molecule has 2 rings (SSSR count). The van der Waals surface area contributed by atoms with Gasteiger partial charge in [0.1, 0.15) is 0 Å². The summed E-state index contributed by atoms with van der Waals surface area (Å²) in [5, 5.41) is 1.21. The Hall–Kier alpha value is -1.45. The van der Waals surface area contributed by atoms with Crippen LogP contribution in [-0.4, -0.2) is 28.5 Å². The lowest BCUT2D eigenvalue weighted by atomic mass is 9.95. The molecule has 2 N–H and O–H groups in total. The van der Waals surface area contributed by atoms with E-state index in [1.807, 2.05) is 12.3 Å². The summed E-state index contributed by atoms with van der Waals surface area (Å²) in [6.07, 6.45) is 4.05. The standard InChI is InChI=1S/C18H27N3/c1-4-11-21(18(3,5-2)14-19)13-15-8-9-17-16(12-15)7-6-10-20-17/h6-10,12H,4-5,11,13-14,19H2,1-3H3. The summed E-state index contributed by atoms with van der Waals surface area (Å²) in [5.41, 5.74) is 8.50. The molecule has 2 aromatic rings. The minimum absolute atomic E-state index is 0.0694.